The number of benzene rings is 1. The lowest BCUT2D eigenvalue weighted by Crippen LogP contribution is -2.14. The van der Waals surface area contributed by atoms with Crippen molar-refractivity contribution in [2.75, 3.05) is 6.61 Å². The van der Waals surface area contributed by atoms with Crippen LogP contribution in [0.5, 0.6) is 0 Å². The maximum absolute atomic E-state index is 12.3. The van der Waals surface area contributed by atoms with Crippen LogP contribution >= 0.6 is 11.3 Å². The number of carbonyl (C=O) groups excluding carboxylic acids is 2. The van der Waals surface area contributed by atoms with Gasteiger partial charge in [-0.25, -0.2) is 9.78 Å². The van der Waals surface area contributed by atoms with Crippen LogP contribution in [0, 0.1) is 6.92 Å². The molecule has 3 rings (SSSR count). The number of hydrogen-bond acceptors (Lipinski definition) is 6. The third-order valence-corrected chi connectivity index (χ3v) is 5.04. The molecular weight excluding hydrogens is 348 g/mol. The molecule has 0 radical (unpaired) electrons. The predicted octanol–water partition coefficient (Wildman–Crippen LogP) is 4.12. The van der Waals surface area contributed by atoms with Crippen LogP contribution in [0.1, 0.15) is 38.2 Å². The number of hydrogen-bond donors (Lipinski definition) is 0. The summed E-state index contributed by atoms with van der Waals surface area (Å²) in [6, 6.07) is 12.8. The molecule has 0 unspecified atom stereocenters. The van der Waals surface area contributed by atoms with Gasteiger partial charge in [0.2, 0.25) is 0 Å². The normalized spacial score (nSPS) is 10.5. The molecule has 0 aliphatic rings. The van der Waals surface area contributed by atoms with Gasteiger partial charge in [-0.05, 0) is 31.0 Å². The van der Waals surface area contributed by atoms with Crippen molar-refractivity contribution in [1.29, 1.82) is 0 Å². The van der Waals surface area contributed by atoms with Gasteiger partial charge in [0.05, 0.1) is 11.4 Å². The van der Waals surface area contributed by atoms with E-state index in [1.807, 2.05) is 30.3 Å². The zero-order valence-corrected chi connectivity index (χ0v) is 15.4. The molecule has 0 saturated carbocycles. The molecule has 0 N–H and O–H groups in total. The highest BCUT2D eigenvalue weighted by Gasteiger charge is 2.19. The number of aromatic nitrogens is 2. The standard InChI is InChI=1S/C20H18N2O3S/c1-3-14-7-9-15(10-8-14)17(23)12-25-20(24)18-13(2)22-19(26-18)16-6-4-5-11-21-16/h4-11H,3,12H2,1-2H3. The topological polar surface area (TPSA) is 69.2 Å². The predicted molar refractivity (Wildman–Crippen MR) is 101 cm³/mol. The Hall–Kier alpha value is -2.86. The molecule has 0 spiro atoms. The second kappa shape index (κ2) is 8.01. The van der Waals surface area contributed by atoms with E-state index < -0.39 is 5.97 Å². The number of nitrogens with zero attached hydrogens (tertiary/aromatic N) is 2. The number of carbonyl (C=O) groups is 2. The summed E-state index contributed by atoms with van der Waals surface area (Å²) in [6.07, 6.45) is 2.58. The zero-order chi connectivity index (χ0) is 18.5. The molecular formula is C20H18N2O3S. The average molecular weight is 366 g/mol. The number of Topliss-reactive ketones (excluding diaryl/α,β-unsaturated/α-hetero) is 1. The summed E-state index contributed by atoms with van der Waals surface area (Å²) in [5.74, 6) is -0.770. The van der Waals surface area contributed by atoms with E-state index in [0.717, 1.165) is 12.0 Å². The molecule has 0 fully saturated rings. The third kappa shape index (κ3) is 4.03. The number of thiazole rings is 1. The quantitative estimate of drug-likeness (QED) is 0.485. The highest BCUT2D eigenvalue weighted by Crippen LogP contribution is 2.26. The first-order chi connectivity index (χ1) is 12.6. The van der Waals surface area contributed by atoms with E-state index in [4.69, 9.17) is 4.74 Å². The lowest BCUT2D eigenvalue weighted by molar-refractivity contribution is 0.0478. The van der Waals surface area contributed by atoms with Crippen molar-refractivity contribution >= 4 is 23.1 Å². The van der Waals surface area contributed by atoms with Crippen molar-refractivity contribution in [1.82, 2.24) is 9.97 Å². The Labute approximate surface area is 155 Å². The van der Waals surface area contributed by atoms with Gasteiger partial charge in [-0.15, -0.1) is 11.3 Å². The Kier molecular flexibility index (Phi) is 5.53. The lowest BCUT2D eigenvalue weighted by atomic mass is 10.1. The molecule has 132 valence electrons. The number of ketones is 1. The van der Waals surface area contributed by atoms with Crippen molar-refractivity contribution < 1.29 is 14.3 Å². The monoisotopic (exact) mass is 366 g/mol. The van der Waals surface area contributed by atoms with E-state index in [-0.39, 0.29) is 12.4 Å². The summed E-state index contributed by atoms with van der Waals surface area (Å²) in [4.78, 5) is 33.5. The minimum Gasteiger partial charge on any atom is -0.453 e. The van der Waals surface area contributed by atoms with Crippen molar-refractivity contribution in [3.63, 3.8) is 0 Å². The molecule has 3 aromatic rings. The smallest absolute Gasteiger partial charge is 0.350 e. The van der Waals surface area contributed by atoms with Gasteiger partial charge in [0.25, 0.3) is 0 Å². The molecule has 6 heteroatoms. The fourth-order valence-corrected chi connectivity index (χ4v) is 3.33. The summed E-state index contributed by atoms with van der Waals surface area (Å²) in [5.41, 5.74) is 2.96. The summed E-state index contributed by atoms with van der Waals surface area (Å²) in [5, 5.41) is 0.650. The fraction of sp³-hybridized carbons (Fsp3) is 0.200. The average Bonchev–Trinajstić information content (AvgIpc) is 3.08. The summed E-state index contributed by atoms with van der Waals surface area (Å²) in [7, 11) is 0. The van der Waals surface area contributed by atoms with E-state index in [1.54, 1.807) is 25.3 Å². The maximum atomic E-state index is 12.3. The Bertz CT molecular complexity index is 918. The van der Waals surface area contributed by atoms with Crippen molar-refractivity contribution in [3.8, 4) is 10.7 Å². The molecule has 0 saturated heterocycles. The van der Waals surface area contributed by atoms with Crippen LogP contribution < -0.4 is 0 Å². The van der Waals surface area contributed by atoms with E-state index in [9.17, 15) is 9.59 Å². The van der Waals surface area contributed by atoms with Crippen LogP contribution in [0.2, 0.25) is 0 Å². The van der Waals surface area contributed by atoms with E-state index in [1.165, 1.54) is 11.3 Å². The van der Waals surface area contributed by atoms with E-state index >= 15 is 0 Å². The minimum atomic E-state index is -0.541. The molecule has 0 amide bonds. The van der Waals surface area contributed by atoms with Crippen molar-refractivity contribution in [3.05, 3.63) is 70.4 Å². The highest BCUT2D eigenvalue weighted by molar-refractivity contribution is 7.17. The van der Waals surface area contributed by atoms with Crippen molar-refractivity contribution in [2.45, 2.75) is 20.3 Å². The number of ether oxygens (including phenoxy) is 1. The van der Waals surface area contributed by atoms with E-state index in [2.05, 4.69) is 16.9 Å². The molecule has 5 nitrogen and oxygen atoms in total. The van der Waals surface area contributed by atoms with Crippen LogP contribution in [-0.4, -0.2) is 28.3 Å². The first-order valence-corrected chi connectivity index (χ1v) is 9.08. The summed E-state index contributed by atoms with van der Waals surface area (Å²) in [6.45, 7) is 3.50. The lowest BCUT2D eigenvalue weighted by Gasteiger charge is -2.04. The number of esters is 1. The van der Waals surface area contributed by atoms with Gasteiger partial charge in [-0.1, -0.05) is 37.3 Å². The molecule has 0 aliphatic heterocycles. The molecule has 1 aromatic carbocycles. The molecule has 26 heavy (non-hydrogen) atoms. The Morgan fingerprint density at radius 3 is 2.54 bits per heavy atom. The van der Waals surface area contributed by atoms with Crippen LogP contribution in [-0.2, 0) is 11.2 Å². The maximum Gasteiger partial charge on any atom is 0.350 e. The molecule has 2 heterocycles. The van der Waals surface area contributed by atoms with Gasteiger partial charge >= 0.3 is 5.97 Å². The van der Waals surface area contributed by atoms with Gasteiger partial charge in [-0.2, -0.15) is 0 Å². The zero-order valence-electron chi connectivity index (χ0n) is 14.6. The Morgan fingerprint density at radius 2 is 1.88 bits per heavy atom. The molecule has 2 aromatic heterocycles. The summed E-state index contributed by atoms with van der Waals surface area (Å²) >= 11 is 1.21. The second-order valence-corrected chi connectivity index (χ2v) is 6.70. The Morgan fingerprint density at radius 1 is 1.12 bits per heavy atom. The molecule has 0 atom stereocenters. The van der Waals surface area contributed by atoms with Gasteiger partial charge in [0, 0.05) is 11.8 Å². The van der Waals surface area contributed by atoms with Crippen LogP contribution in [0.4, 0.5) is 0 Å². The molecule has 0 aliphatic carbocycles. The number of rotatable bonds is 6. The SMILES string of the molecule is CCc1ccc(C(=O)COC(=O)c2sc(-c3ccccn3)nc2C)cc1. The third-order valence-electron chi connectivity index (χ3n) is 3.88. The van der Waals surface area contributed by atoms with Crippen LogP contribution in [0.25, 0.3) is 10.7 Å². The van der Waals surface area contributed by atoms with Gasteiger partial charge in [0.1, 0.15) is 9.88 Å². The van der Waals surface area contributed by atoms with E-state index in [0.29, 0.717) is 26.8 Å². The van der Waals surface area contributed by atoms with Gasteiger partial charge < -0.3 is 4.74 Å². The second-order valence-electron chi connectivity index (χ2n) is 5.70. The van der Waals surface area contributed by atoms with Gasteiger partial charge in [0.15, 0.2) is 12.4 Å². The van der Waals surface area contributed by atoms with Crippen LogP contribution in [0.15, 0.2) is 48.7 Å². The first kappa shape index (κ1) is 17.9. The van der Waals surface area contributed by atoms with Gasteiger partial charge in [-0.3, -0.25) is 9.78 Å². The minimum absolute atomic E-state index is 0.229. The summed E-state index contributed by atoms with van der Waals surface area (Å²) < 4.78 is 5.19. The fourth-order valence-electron chi connectivity index (χ4n) is 2.39. The first-order valence-electron chi connectivity index (χ1n) is 8.26. The number of aryl methyl sites for hydroxylation is 2. The van der Waals surface area contributed by atoms with Crippen molar-refractivity contribution in [2.24, 2.45) is 0 Å². The largest absolute Gasteiger partial charge is 0.453 e. The Balaban J connectivity index is 1.66. The highest BCUT2D eigenvalue weighted by atomic mass is 32.1. The number of pyridine rings is 1. The van der Waals surface area contributed by atoms with Crippen LogP contribution in [0.3, 0.4) is 0 Å². The molecule has 0 bridgehead atoms.